The first-order valence-electron chi connectivity index (χ1n) is 7.57. The molecule has 0 saturated heterocycles. The van der Waals surface area contributed by atoms with Gasteiger partial charge in [-0.1, -0.05) is 18.2 Å². The third kappa shape index (κ3) is 2.34. The molecule has 0 N–H and O–H groups in total. The van der Waals surface area contributed by atoms with Gasteiger partial charge in [0.05, 0.1) is 29.9 Å². The van der Waals surface area contributed by atoms with Gasteiger partial charge in [0.2, 0.25) is 5.88 Å². The van der Waals surface area contributed by atoms with Crippen LogP contribution in [0.1, 0.15) is 16.7 Å². The van der Waals surface area contributed by atoms with Crippen LogP contribution in [0.4, 0.5) is 0 Å². The summed E-state index contributed by atoms with van der Waals surface area (Å²) in [6.45, 7) is 0. The Morgan fingerprint density at radius 3 is 2.92 bits per heavy atom. The van der Waals surface area contributed by atoms with E-state index in [9.17, 15) is 5.26 Å². The Morgan fingerprint density at radius 2 is 2.08 bits per heavy atom. The van der Waals surface area contributed by atoms with E-state index in [4.69, 9.17) is 4.74 Å². The molecular weight excluding hydrogens is 300 g/mol. The number of pyridine rings is 2. The van der Waals surface area contributed by atoms with Gasteiger partial charge in [-0.25, -0.2) is 9.50 Å². The van der Waals surface area contributed by atoms with Crippen molar-refractivity contribution in [3.63, 3.8) is 0 Å². The van der Waals surface area contributed by atoms with Crippen LogP contribution in [-0.4, -0.2) is 21.7 Å². The molecule has 5 nitrogen and oxygen atoms in total. The fourth-order valence-corrected chi connectivity index (χ4v) is 2.89. The smallest absolute Gasteiger partial charge is 0.217 e. The Morgan fingerprint density at radius 1 is 1.21 bits per heavy atom. The summed E-state index contributed by atoms with van der Waals surface area (Å²) < 4.78 is 7.17. The average molecular weight is 314 g/mol. The zero-order chi connectivity index (χ0) is 16.5. The Bertz CT molecular complexity index is 1090. The third-order valence-corrected chi connectivity index (χ3v) is 4.06. The molecule has 3 aromatic heterocycles. The molecule has 0 atom stereocenters. The van der Waals surface area contributed by atoms with Crippen LogP contribution in [-0.2, 0) is 6.42 Å². The van der Waals surface area contributed by atoms with Gasteiger partial charge in [-0.3, -0.25) is 0 Å². The van der Waals surface area contributed by atoms with E-state index in [1.807, 2.05) is 42.6 Å². The Hall–Kier alpha value is -3.39. The van der Waals surface area contributed by atoms with Crippen LogP contribution in [0.25, 0.3) is 16.4 Å². The zero-order valence-electron chi connectivity index (χ0n) is 13.1. The van der Waals surface area contributed by atoms with Crippen LogP contribution in [0.3, 0.4) is 0 Å². The van der Waals surface area contributed by atoms with Gasteiger partial charge in [-0.05, 0) is 29.8 Å². The van der Waals surface area contributed by atoms with Crippen molar-refractivity contribution in [1.82, 2.24) is 14.6 Å². The third-order valence-electron chi connectivity index (χ3n) is 4.06. The highest BCUT2D eigenvalue weighted by Gasteiger charge is 2.10. The molecule has 0 radical (unpaired) electrons. The second-order valence-corrected chi connectivity index (χ2v) is 5.56. The molecule has 0 spiro atoms. The molecule has 0 fully saturated rings. The lowest BCUT2D eigenvalue weighted by Gasteiger charge is -2.10. The van der Waals surface area contributed by atoms with E-state index in [2.05, 4.69) is 22.2 Å². The lowest BCUT2D eigenvalue weighted by atomic mass is 10.0. The second-order valence-electron chi connectivity index (χ2n) is 5.56. The van der Waals surface area contributed by atoms with Crippen LogP contribution in [0, 0.1) is 11.3 Å². The summed E-state index contributed by atoms with van der Waals surface area (Å²) >= 11 is 0. The SMILES string of the molecule is COc1nc2ccccc2cc1Cc1ccn2ncc(C#N)c2c1. The summed E-state index contributed by atoms with van der Waals surface area (Å²) in [7, 11) is 1.63. The van der Waals surface area contributed by atoms with Crippen molar-refractivity contribution in [2.45, 2.75) is 6.42 Å². The number of benzene rings is 1. The van der Waals surface area contributed by atoms with Crippen LogP contribution in [0.15, 0.2) is 54.9 Å². The van der Waals surface area contributed by atoms with Crippen molar-refractivity contribution in [3.8, 4) is 11.9 Å². The van der Waals surface area contributed by atoms with E-state index < -0.39 is 0 Å². The maximum Gasteiger partial charge on any atom is 0.217 e. The fraction of sp³-hybridized carbons (Fsp3) is 0.105. The van der Waals surface area contributed by atoms with Crippen molar-refractivity contribution in [2.75, 3.05) is 7.11 Å². The molecule has 116 valence electrons. The summed E-state index contributed by atoms with van der Waals surface area (Å²) in [4.78, 5) is 4.58. The number of rotatable bonds is 3. The molecule has 0 aliphatic heterocycles. The zero-order valence-corrected chi connectivity index (χ0v) is 13.1. The predicted molar refractivity (Wildman–Crippen MR) is 91.0 cm³/mol. The molecule has 0 saturated carbocycles. The standard InChI is InChI=1S/C19H14N4O/c1-24-19-15(10-14-4-2-3-5-17(14)22-19)8-13-6-7-23-18(9-13)16(11-20)12-21-23/h2-7,9-10,12H,8H2,1H3. The molecule has 3 heterocycles. The highest BCUT2D eigenvalue weighted by atomic mass is 16.5. The molecule has 5 heteroatoms. The van der Waals surface area contributed by atoms with Crippen LogP contribution in [0.5, 0.6) is 5.88 Å². The largest absolute Gasteiger partial charge is 0.481 e. The van der Waals surface area contributed by atoms with Gasteiger partial charge >= 0.3 is 0 Å². The Kier molecular flexibility index (Phi) is 3.36. The number of nitrogens with zero attached hydrogens (tertiary/aromatic N) is 4. The van der Waals surface area contributed by atoms with Gasteiger partial charge in [0.1, 0.15) is 6.07 Å². The number of aromatic nitrogens is 3. The lowest BCUT2D eigenvalue weighted by Crippen LogP contribution is -1.98. The minimum absolute atomic E-state index is 0.570. The number of fused-ring (bicyclic) bond motifs is 2. The topological polar surface area (TPSA) is 63.2 Å². The Balaban J connectivity index is 1.79. The normalized spacial score (nSPS) is 10.8. The van der Waals surface area contributed by atoms with Gasteiger partial charge in [-0.15, -0.1) is 0 Å². The number of ether oxygens (including phenoxy) is 1. The van der Waals surface area contributed by atoms with Crippen molar-refractivity contribution in [1.29, 1.82) is 5.26 Å². The first kappa shape index (κ1) is 14.2. The average Bonchev–Trinajstić information content (AvgIpc) is 3.03. The highest BCUT2D eigenvalue weighted by molar-refractivity contribution is 5.80. The van der Waals surface area contributed by atoms with E-state index in [0.29, 0.717) is 17.9 Å². The van der Waals surface area contributed by atoms with Gasteiger partial charge < -0.3 is 4.74 Å². The lowest BCUT2D eigenvalue weighted by molar-refractivity contribution is 0.395. The molecule has 4 rings (SSSR count). The summed E-state index contributed by atoms with van der Waals surface area (Å²) in [6.07, 6.45) is 4.12. The fourth-order valence-electron chi connectivity index (χ4n) is 2.89. The molecule has 0 bridgehead atoms. The first-order chi connectivity index (χ1) is 11.8. The van der Waals surface area contributed by atoms with Gasteiger partial charge in [-0.2, -0.15) is 10.4 Å². The van der Waals surface area contributed by atoms with E-state index >= 15 is 0 Å². The molecular formula is C19H14N4O. The molecule has 24 heavy (non-hydrogen) atoms. The summed E-state index contributed by atoms with van der Waals surface area (Å²) in [6, 6.07) is 16.2. The minimum Gasteiger partial charge on any atom is -0.481 e. The molecule has 0 amide bonds. The Labute approximate surface area is 138 Å². The molecule has 0 unspecified atom stereocenters. The van der Waals surface area contributed by atoms with Crippen molar-refractivity contribution < 1.29 is 4.74 Å². The highest BCUT2D eigenvalue weighted by Crippen LogP contribution is 2.25. The van der Waals surface area contributed by atoms with Gasteiger partial charge in [0.15, 0.2) is 0 Å². The molecule has 0 aliphatic rings. The summed E-state index contributed by atoms with van der Waals surface area (Å²) in [5.74, 6) is 0.627. The van der Waals surface area contributed by atoms with Crippen LogP contribution >= 0.6 is 0 Å². The van der Waals surface area contributed by atoms with Crippen molar-refractivity contribution in [3.05, 3.63) is 71.5 Å². The molecule has 4 aromatic rings. The van der Waals surface area contributed by atoms with Crippen LogP contribution < -0.4 is 4.74 Å². The number of hydrogen-bond donors (Lipinski definition) is 0. The van der Waals surface area contributed by atoms with Crippen molar-refractivity contribution in [2.24, 2.45) is 0 Å². The first-order valence-corrected chi connectivity index (χ1v) is 7.57. The van der Waals surface area contributed by atoms with Gasteiger partial charge in [0, 0.05) is 23.6 Å². The van der Waals surface area contributed by atoms with E-state index in [1.165, 1.54) is 0 Å². The maximum atomic E-state index is 9.17. The van der Waals surface area contributed by atoms with E-state index in [1.54, 1.807) is 17.8 Å². The number of nitriles is 1. The van der Waals surface area contributed by atoms with Crippen molar-refractivity contribution >= 4 is 16.4 Å². The number of methoxy groups -OCH3 is 1. The van der Waals surface area contributed by atoms with E-state index in [-0.39, 0.29) is 0 Å². The molecule has 1 aromatic carbocycles. The summed E-state index contributed by atoms with van der Waals surface area (Å²) in [5.41, 5.74) is 4.38. The number of hydrogen-bond acceptors (Lipinski definition) is 4. The van der Waals surface area contributed by atoms with Gasteiger partial charge in [0.25, 0.3) is 0 Å². The summed E-state index contributed by atoms with van der Waals surface area (Å²) in [5, 5.41) is 14.4. The predicted octanol–water partition coefficient (Wildman–Crippen LogP) is 3.35. The maximum absolute atomic E-state index is 9.17. The minimum atomic E-state index is 0.570. The van der Waals surface area contributed by atoms with Crippen LogP contribution in [0.2, 0.25) is 0 Å². The molecule has 0 aliphatic carbocycles. The second kappa shape index (κ2) is 5.67. The van der Waals surface area contributed by atoms with E-state index in [0.717, 1.165) is 27.5 Å². The number of para-hydroxylation sites is 1. The quantitative estimate of drug-likeness (QED) is 0.582. The monoisotopic (exact) mass is 314 g/mol.